The highest BCUT2D eigenvalue weighted by molar-refractivity contribution is 5.85. The summed E-state index contributed by atoms with van der Waals surface area (Å²) in [6, 6.07) is 9.22. The van der Waals surface area contributed by atoms with E-state index in [1.807, 2.05) is 11.9 Å². The molecular formula is C18H31Cl2N3O. The molecule has 6 heteroatoms. The van der Waals surface area contributed by atoms with Gasteiger partial charge in [-0.05, 0) is 38.4 Å². The minimum atomic E-state index is 0. The fourth-order valence-electron chi connectivity index (χ4n) is 2.76. The first-order valence-corrected chi connectivity index (χ1v) is 8.32. The van der Waals surface area contributed by atoms with Crippen LogP contribution in [0.25, 0.3) is 0 Å². The van der Waals surface area contributed by atoms with Crippen molar-refractivity contribution in [3.05, 3.63) is 35.4 Å². The number of likely N-dealkylation sites (N-methyl/N-ethyl adjacent to an activating group) is 1. The molecule has 1 amide bonds. The van der Waals surface area contributed by atoms with Gasteiger partial charge in [-0.3, -0.25) is 9.69 Å². The highest BCUT2D eigenvalue weighted by Gasteiger charge is 2.28. The van der Waals surface area contributed by atoms with Gasteiger partial charge >= 0.3 is 0 Å². The van der Waals surface area contributed by atoms with Gasteiger partial charge in [0.2, 0.25) is 5.91 Å². The first kappa shape index (κ1) is 23.2. The number of hydrogen-bond acceptors (Lipinski definition) is 3. The fourth-order valence-corrected chi connectivity index (χ4v) is 2.76. The Hall–Kier alpha value is -0.810. The molecule has 0 saturated carbocycles. The zero-order valence-electron chi connectivity index (χ0n) is 15.1. The van der Waals surface area contributed by atoms with Crippen LogP contribution in [0.1, 0.15) is 37.9 Å². The van der Waals surface area contributed by atoms with Crippen LogP contribution in [0, 0.1) is 0 Å². The largest absolute Gasteiger partial charge is 0.332 e. The van der Waals surface area contributed by atoms with Crippen LogP contribution in [-0.2, 0) is 11.2 Å². The molecule has 0 aromatic heterocycles. The number of halogens is 2. The number of nitrogens with one attached hydrogen (secondary N) is 1. The summed E-state index contributed by atoms with van der Waals surface area (Å²) >= 11 is 0. The van der Waals surface area contributed by atoms with Gasteiger partial charge in [-0.25, -0.2) is 0 Å². The molecule has 1 fully saturated rings. The number of hydrogen-bond donors (Lipinski definition) is 1. The lowest BCUT2D eigenvalue weighted by Gasteiger charge is -2.38. The minimum Gasteiger partial charge on any atom is -0.332 e. The van der Waals surface area contributed by atoms with Gasteiger partial charge in [0, 0.05) is 25.7 Å². The summed E-state index contributed by atoms with van der Waals surface area (Å²) in [5.41, 5.74) is 2.56. The van der Waals surface area contributed by atoms with Gasteiger partial charge in [-0.1, -0.05) is 31.2 Å². The maximum absolute atomic E-state index is 12.7. The standard InChI is InChI=1S/C18H29N3O.2ClH/c1-5-15-6-8-16(9-7-15)17-12-19-10-11-21(17)18(22)13-20(4)14(2)3;;/h6-9,14,17,19H,5,10-13H2,1-4H3;2*1H. The van der Waals surface area contributed by atoms with Gasteiger partial charge in [0.15, 0.2) is 0 Å². The van der Waals surface area contributed by atoms with Crippen molar-refractivity contribution < 1.29 is 4.79 Å². The average molecular weight is 376 g/mol. The monoisotopic (exact) mass is 375 g/mol. The zero-order chi connectivity index (χ0) is 16.1. The summed E-state index contributed by atoms with van der Waals surface area (Å²) < 4.78 is 0. The first-order valence-electron chi connectivity index (χ1n) is 8.32. The van der Waals surface area contributed by atoms with Gasteiger partial charge in [0.1, 0.15) is 0 Å². The smallest absolute Gasteiger partial charge is 0.237 e. The van der Waals surface area contributed by atoms with Crippen molar-refractivity contribution in [2.45, 2.75) is 39.3 Å². The third-order valence-corrected chi connectivity index (χ3v) is 4.60. The predicted molar refractivity (Wildman–Crippen MR) is 105 cm³/mol. The lowest BCUT2D eigenvalue weighted by molar-refractivity contribution is -0.135. The zero-order valence-corrected chi connectivity index (χ0v) is 16.8. The summed E-state index contributed by atoms with van der Waals surface area (Å²) in [7, 11) is 2.01. The Kier molecular flexibility index (Phi) is 10.6. The second kappa shape index (κ2) is 10.9. The Balaban J connectivity index is 0.00000264. The molecule has 1 aromatic rings. The summed E-state index contributed by atoms with van der Waals surface area (Å²) in [4.78, 5) is 16.8. The molecule has 0 aliphatic carbocycles. The summed E-state index contributed by atoms with van der Waals surface area (Å²) in [6.07, 6.45) is 1.05. The van der Waals surface area contributed by atoms with Crippen LogP contribution >= 0.6 is 24.8 Å². The van der Waals surface area contributed by atoms with E-state index in [0.29, 0.717) is 12.6 Å². The number of amides is 1. The highest BCUT2D eigenvalue weighted by atomic mass is 35.5. The van der Waals surface area contributed by atoms with Gasteiger partial charge in [0.25, 0.3) is 0 Å². The summed E-state index contributed by atoms with van der Waals surface area (Å²) in [5, 5.41) is 3.42. The number of carbonyl (C=O) groups excluding carboxylic acids is 1. The molecule has 0 radical (unpaired) electrons. The number of piperazine rings is 1. The van der Waals surface area contributed by atoms with E-state index in [-0.39, 0.29) is 36.8 Å². The van der Waals surface area contributed by atoms with Crippen molar-refractivity contribution in [2.75, 3.05) is 33.2 Å². The molecule has 1 N–H and O–H groups in total. The lowest BCUT2D eigenvalue weighted by atomic mass is 10.0. The molecule has 1 heterocycles. The van der Waals surface area contributed by atoms with E-state index in [1.165, 1.54) is 11.1 Å². The molecule has 1 atom stereocenters. The van der Waals surface area contributed by atoms with E-state index in [0.717, 1.165) is 26.1 Å². The summed E-state index contributed by atoms with van der Waals surface area (Å²) in [6.45, 7) is 9.38. The van der Waals surface area contributed by atoms with Crippen LogP contribution in [0.3, 0.4) is 0 Å². The van der Waals surface area contributed by atoms with Gasteiger partial charge < -0.3 is 10.2 Å². The van der Waals surface area contributed by atoms with Crippen LogP contribution in [0.15, 0.2) is 24.3 Å². The lowest BCUT2D eigenvalue weighted by Crippen LogP contribution is -2.51. The van der Waals surface area contributed by atoms with E-state index in [1.54, 1.807) is 0 Å². The highest BCUT2D eigenvalue weighted by Crippen LogP contribution is 2.23. The number of benzene rings is 1. The molecule has 1 aliphatic rings. The van der Waals surface area contributed by atoms with Crippen LogP contribution in [0.4, 0.5) is 0 Å². The number of aryl methyl sites for hydroxylation is 1. The van der Waals surface area contributed by atoms with Crippen LogP contribution < -0.4 is 5.32 Å². The third kappa shape index (κ3) is 5.92. The molecule has 1 aromatic carbocycles. The molecule has 4 nitrogen and oxygen atoms in total. The van der Waals surface area contributed by atoms with Crippen LogP contribution in [0.2, 0.25) is 0 Å². The molecule has 24 heavy (non-hydrogen) atoms. The van der Waals surface area contributed by atoms with Crippen LogP contribution in [0.5, 0.6) is 0 Å². The summed E-state index contributed by atoms with van der Waals surface area (Å²) in [5.74, 6) is 0.224. The van der Waals surface area contributed by atoms with Crippen molar-refractivity contribution >= 4 is 30.7 Å². The van der Waals surface area contributed by atoms with Gasteiger partial charge in [-0.15, -0.1) is 24.8 Å². The Morgan fingerprint density at radius 2 is 1.92 bits per heavy atom. The molecule has 1 aliphatic heterocycles. The number of nitrogens with zero attached hydrogens (tertiary/aromatic N) is 2. The Morgan fingerprint density at radius 3 is 2.46 bits per heavy atom. The van der Waals surface area contributed by atoms with E-state index >= 15 is 0 Å². The topological polar surface area (TPSA) is 35.6 Å². The maximum Gasteiger partial charge on any atom is 0.237 e. The quantitative estimate of drug-likeness (QED) is 0.859. The minimum absolute atomic E-state index is 0. The molecule has 2 rings (SSSR count). The first-order chi connectivity index (χ1) is 10.5. The molecule has 1 unspecified atom stereocenters. The molecule has 0 spiro atoms. The molecule has 1 saturated heterocycles. The van der Waals surface area contributed by atoms with Gasteiger partial charge in [0.05, 0.1) is 12.6 Å². The molecule has 0 bridgehead atoms. The third-order valence-electron chi connectivity index (χ3n) is 4.60. The Bertz CT molecular complexity index is 494. The average Bonchev–Trinajstić information content (AvgIpc) is 2.54. The van der Waals surface area contributed by atoms with E-state index in [4.69, 9.17) is 0 Å². The number of rotatable bonds is 5. The normalized spacial score (nSPS) is 17.4. The van der Waals surface area contributed by atoms with E-state index in [9.17, 15) is 4.79 Å². The van der Waals surface area contributed by atoms with E-state index in [2.05, 4.69) is 55.3 Å². The number of carbonyl (C=O) groups is 1. The van der Waals surface area contributed by atoms with E-state index < -0.39 is 0 Å². The second-order valence-electron chi connectivity index (χ2n) is 6.41. The van der Waals surface area contributed by atoms with Gasteiger partial charge in [-0.2, -0.15) is 0 Å². The van der Waals surface area contributed by atoms with Crippen molar-refractivity contribution in [1.29, 1.82) is 0 Å². The molecular weight excluding hydrogens is 345 g/mol. The SMILES string of the molecule is CCc1ccc(C2CNCCN2C(=O)CN(C)C(C)C)cc1.Cl.Cl. The van der Waals surface area contributed by atoms with Crippen molar-refractivity contribution in [3.63, 3.8) is 0 Å². The predicted octanol–water partition coefficient (Wildman–Crippen LogP) is 2.91. The maximum atomic E-state index is 12.7. The fraction of sp³-hybridized carbons (Fsp3) is 0.611. The van der Waals surface area contributed by atoms with Crippen LogP contribution in [-0.4, -0.2) is 55.0 Å². The van der Waals surface area contributed by atoms with Crippen molar-refractivity contribution in [1.82, 2.24) is 15.1 Å². The molecule has 138 valence electrons. The second-order valence-corrected chi connectivity index (χ2v) is 6.41. The van der Waals surface area contributed by atoms with Crippen molar-refractivity contribution in [2.24, 2.45) is 0 Å². The Morgan fingerprint density at radius 1 is 1.29 bits per heavy atom. The van der Waals surface area contributed by atoms with Crippen molar-refractivity contribution in [3.8, 4) is 0 Å². The Labute approximate surface area is 158 Å².